The molecule has 0 amide bonds. The van der Waals surface area contributed by atoms with E-state index < -0.39 is 0 Å². The van der Waals surface area contributed by atoms with Crippen LogP contribution in [0.25, 0.3) is 10.4 Å². The van der Waals surface area contributed by atoms with Crippen LogP contribution in [0.1, 0.15) is 51.0 Å². The van der Waals surface area contributed by atoms with Gasteiger partial charge in [-0.25, -0.2) is 0 Å². The number of hydrogen-bond acceptors (Lipinski definition) is 4. The first kappa shape index (κ1) is 20.0. The molecule has 2 unspecified atom stereocenters. The quantitative estimate of drug-likeness (QED) is 0.183. The number of carbonyl (C=O) groups excluding carboxylic acids is 1. The van der Waals surface area contributed by atoms with E-state index in [0.717, 1.165) is 44.9 Å². The van der Waals surface area contributed by atoms with Gasteiger partial charge in [0.2, 0.25) is 0 Å². The average molecular weight is 332 g/mol. The van der Waals surface area contributed by atoms with Crippen LogP contribution in [0.2, 0.25) is 0 Å². The van der Waals surface area contributed by atoms with Gasteiger partial charge in [-0.1, -0.05) is 37.4 Å². The summed E-state index contributed by atoms with van der Waals surface area (Å²) >= 11 is 0. The Kier molecular flexibility index (Phi) is 10.3. The third-order valence-corrected chi connectivity index (χ3v) is 4.27. The maximum atomic E-state index is 11.7. The molecule has 0 saturated carbocycles. The highest BCUT2D eigenvalue weighted by molar-refractivity contribution is 5.71. The smallest absolute Gasteiger partial charge is 0.308 e. The number of hydrogen-bond donors (Lipinski definition) is 0. The molecule has 0 N–H and O–H groups in total. The number of aryl methyl sites for hydroxylation is 1. The molecule has 1 rings (SSSR count). The molecule has 0 aliphatic rings. The van der Waals surface area contributed by atoms with Gasteiger partial charge < -0.3 is 4.74 Å². The van der Waals surface area contributed by atoms with Crippen LogP contribution in [0.15, 0.2) is 29.6 Å². The normalized spacial score (nSPS) is 12.9. The van der Waals surface area contributed by atoms with Crippen LogP contribution >= 0.6 is 0 Å². The van der Waals surface area contributed by atoms with Crippen molar-refractivity contribution in [2.24, 2.45) is 17.0 Å². The first-order chi connectivity index (χ1) is 11.7. The Bertz CT molecular complexity index is 515. The van der Waals surface area contributed by atoms with Gasteiger partial charge in [-0.2, -0.15) is 0 Å². The second-order valence-corrected chi connectivity index (χ2v) is 6.23. The zero-order valence-electron chi connectivity index (χ0n) is 14.7. The molecule has 0 bridgehead atoms. The number of azide groups is 1. The summed E-state index contributed by atoms with van der Waals surface area (Å²) in [5.41, 5.74) is 9.56. The van der Waals surface area contributed by atoms with E-state index in [2.05, 4.69) is 21.1 Å². The number of esters is 1. The number of methoxy groups -OCH3 is 1. The largest absolute Gasteiger partial charge is 0.469 e. The monoisotopic (exact) mass is 332 g/mol. The highest BCUT2D eigenvalue weighted by Gasteiger charge is 2.19. The first-order valence-electron chi connectivity index (χ1n) is 8.65. The van der Waals surface area contributed by atoms with Gasteiger partial charge >= 0.3 is 5.97 Å². The second kappa shape index (κ2) is 12.4. The Morgan fingerprint density at radius 2 is 2.17 bits per heavy atom. The van der Waals surface area contributed by atoms with Crippen LogP contribution in [0.4, 0.5) is 0 Å². The minimum atomic E-state index is -0.138. The maximum absolute atomic E-state index is 11.7. The Morgan fingerprint density at radius 1 is 1.38 bits per heavy atom. The summed E-state index contributed by atoms with van der Waals surface area (Å²) in [4.78, 5) is 18.6. The number of carbonyl (C=O) groups is 1. The lowest BCUT2D eigenvalue weighted by Gasteiger charge is -2.20. The van der Waals surface area contributed by atoms with Crippen LogP contribution in [-0.4, -0.2) is 24.6 Å². The number of pyridine rings is 1. The molecular weight excluding hydrogens is 304 g/mol. The zero-order valence-corrected chi connectivity index (χ0v) is 14.7. The molecule has 0 saturated heterocycles. The summed E-state index contributed by atoms with van der Waals surface area (Å²) in [6.45, 7) is 2.48. The van der Waals surface area contributed by atoms with Crippen molar-refractivity contribution in [3.63, 3.8) is 0 Å². The van der Waals surface area contributed by atoms with Gasteiger partial charge in [0.05, 0.1) is 13.0 Å². The lowest BCUT2D eigenvalue weighted by Crippen LogP contribution is -2.17. The molecule has 6 heteroatoms. The molecule has 2 atom stereocenters. The maximum Gasteiger partial charge on any atom is 0.308 e. The van der Waals surface area contributed by atoms with Gasteiger partial charge in [-0.05, 0) is 48.8 Å². The molecule has 0 aromatic carbocycles. The van der Waals surface area contributed by atoms with E-state index >= 15 is 0 Å². The molecule has 132 valence electrons. The fourth-order valence-electron chi connectivity index (χ4n) is 2.98. The molecule has 24 heavy (non-hydrogen) atoms. The summed E-state index contributed by atoms with van der Waals surface area (Å²) < 4.78 is 4.84. The van der Waals surface area contributed by atoms with Crippen molar-refractivity contribution in [2.75, 3.05) is 13.7 Å². The first-order valence-corrected chi connectivity index (χ1v) is 8.65. The summed E-state index contributed by atoms with van der Waals surface area (Å²) in [6, 6.07) is 4.06. The molecule has 0 aliphatic heterocycles. The third-order valence-electron chi connectivity index (χ3n) is 4.27. The number of ether oxygens (including phenoxy) is 1. The summed E-state index contributed by atoms with van der Waals surface area (Å²) in [7, 11) is 1.44. The van der Waals surface area contributed by atoms with Crippen molar-refractivity contribution in [1.29, 1.82) is 0 Å². The molecule has 1 heterocycles. The van der Waals surface area contributed by atoms with Crippen LogP contribution in [0, 0.1) is 11.8 Å². The van der Waals surface area contributed by atoms with E-state index in [9.17, 15) is 4.79 Å². The molecule has 0 spiro atoms. The van der Waals surface area contributed by atoms with Crippen LogP contribution in [0.5, 0.6) is 0 Å². The summed E-state index contributed by atoms with van der Waals surface area (Å²) in [5.74, 6) is 0.277. The second-order valence-electron chi connectivity index (χ2n) is 6.23. The summed E-state index contributed by atoms with van der Waals surface area (Å²) in [6.07, 6.45) is 10.7. The topological polar surface area (TPSA) is 88.0 Å². The van der Waals surface area contributed by atoms with Gasteiger partial charge in [0.1, 0.15) is 0 Å². The van der Waals surface area contributed by atoms with E-state index in [0.29, 0.717) is 12.5 Å². The fourth-order valence-corrected chi connectivity index (χ4v) is 2.98. The average Bonchev–Trinajstić information content (AvgIpc) is 2.61. The lowest BCUT2D eigenvalue weighted by molar-refractivity contribution is -0.145. The third kappa shape index (κ3) is 8.53. The number of rotatable bonds is 12. The van der Waals surface area contributed by atoms with E-state index in [4.69, 9.17) is 10.3 Å². The van der Waals surface area contributed by atoms with Gasteiger partial charge in [-0.15, -0.1) is 0 Å². The van der Waals surface area contributed by atoms with Gasteiger partial charge in [0.15, 0.2) is 0 Å². The Hall–Kier alpha value is -2.07. The molecule has 6 nitrogen and oxygen atoms in total. The van der Waals surface area contributed by atoms with Crippen molar-refractivity contribution < 1.29 is 9.53 Å². The van der Waals surface area contributed by atoms with E-state index in [1.807, 2.05) is 19.2 Å². The molecule has 1 aromatic heterocycles. The van der Waals surface area contributed by atoms with Crippen molar-refractivity contribution in [3.05, 3.63) is 40.5 Å². The van der Waals surface area contributed by atoms with Crippen molar-refractivity contribution in [1.82, 2.24) is 4.98 Å². The number of nitrogens with zero attached hydrogens (tertiary/aromatic N) is 4. The SMILES string of the molecule is COC(=O)C(C)CC(CCCCN=[N+]=[N-])CCCc1cccnc1. The fraction of sp³-hybridized carbons (Fsp3) is 0.667. The van der Waals surface area contributed by atoms with Crippen molar-refractivity contribution >= 4 is 5.97 Å². The molecule has 0 aliphatic carbocycles. The minimum Gasteiger partial charge on any atom is -0.469 e. The molecular formula is C18H28N4O2. The highest BCUT2D eigenvalue weighted by Crippen LogP contribution is 2.24. The molecule has 0 radical (unpaired) electrons. The Labute approximate surface area is 144 Å². The van der Waals surface area contributed by atoms with E-state index in [-0.39, 0.29) is 11.9 Å². The number of aromatic nitrogens is 1. The van der Waals surface area contributed by atoms with Crippen LogP contribution < -0.4 is 0 Å². The standard InChI is InChI=1S/C18H28N4O2/c1-15(18(23)24-2)13-16(7-3-4-12-21-22-19)8-5-9-17-10-6-11-20-14-17/h6,10-11,14-16H,3-5,7-9,12-13H2,1-2H3. The lowest BCUT2D eigenvalue weighted by atomic mass is 9.87. The van der Waals surface area contributed by atoms with E-state index in [1.165, 1.54) is 12.7 Å². The molecule has 0 fully saturated rings. The van der Waals surface area contributed by atoms with Gasteiger partial charge in [-0.3, -0.25) is 9.78 Å². The minimum absolute atomic E-state index is 0.0736. The van der Waals surface area contributed by atoms with Crippen molar-refractivity contribution in [3.8, 4) is 0 Å². The highest BCUT2D eigenvalue weighted by atomic mass is 16.5. The van der Waals surface area contributed by atoms with Crippen LogP contribution in [-0.2, 0) is 16.0 Å². The predicted molar refractivity (Wildman–Crippen MR) is 94.3 cm³/mol. The van der Waals surface area contributed by atoms with Gasteiger partial charge in [0, 0.05) is 23.9 Å². The van der Waals surface area contributed by atoms with E-state index in [1.54, 1.807) is 6.20 Å². The predicted octanol–water partition coefficient (Wildman–Crippen LogP) is 4.70. The van der Waals surface area contributed by atoms with Crippen molar-refractivity contribution in [2.45, 2.75) is 51.9 Å². The number of unbranched alkanes of at least 4 members (excludes halogenated alkanes) is 1. The Balaban J connectivity index is 2.43. The molecule has 1 aromatic rings. The summed E-state index contributed by atoms with van der Waals surface area (Å²) in [5, 5.41) is 3.57. The van der Waals surface area contributed by atoms with Gasteiger partial charge in [0.25, 0.3) is 0 Å². The Morgan fingerprint density at radius 3 is 2.83 bits per heavy atom. The zero-order chi connectivity index (χ0) is 17.6. The van der Waals surface area contributed by atoms with Crippen LogP contribution in [0.3, 0.4) is 0 Å².